The van der Waals surface area contributed by atoms with Crippen LogP contribution in [0.5, 0.6) is 0 Å². The van der Waals surface area contributed by atoms with Gasteiger partial charge in [0.05, 0.1) is 4.92 Å². The highest BCUT2D eigenvalue weighted by Gasteiger charge is 2.18. The Balaban J connectivity index is 2.37. The fourth-order valence-corrected chi connectivity index (χ4v) is 2.43. The molecule has 0 aliphatic carbocycles. The lowest BCUT2D eigenvalue weighted by Gasteiger charge is -2.21. The number of nitro benzene ring substituents is 1. The fourth-order valence-electron chi connectivity index (χ4n) is 2.43. The second kappa shape index (κ2) is 5.65. The first-order valence-electron chi connectivity index (χ1n) is 6.39. The van der Waals surface area contributed by atoms with Crippen LogP contribution in [-0.2, 0) is 0 Å². The van der Waals surface area contributed by atoms with Gasteiger partial charge in [-0.15, -0.1) is 0 Å². The van der Waals surface area contributed by atoms with Gasteiger partial charge in [0.2, 0.25) is 0 Å². The monoisotopic (exact) mass is 255 g/mol. The molecule has 0 radical (unpaired) electrons. The molecule has 3 nitrogen and oxygen atoms in total. The summed E-state index contributed by atoms with van der Waals surface area (Å²) in [6, 6.07) is 17.1. The van der Waals surface area contributed by atoms with Gasteiger partial charge in [-0.1, -0.05) is 56.3 Å². The largest absolute Gasteiger partial charge is 0.269 e. The van der Waals surface area contributed by atoms with Gasteiger partial charge in [-0.05, 0) is 17.0 Å². The Labute approximate surface area is 113 Å². The summed E-state index contributed by atoms with van der Waals surface area (Å²) in [6.07, 6.45) is 0. The van der Waals surface area contributed by atoms with Crippen LogP contribution in [0.15, 0.2) is 54.6 Å². The molecule has 0 N–H and O–H groups in total. The molecule has 2 aromatic rings. The summed E-state index contributed by atoms with van der Waals surface area (Å²) in [5.74, 6) is 0.700. The number of benzene rings is 2. The van der Waals surface area contributed by atoms with Crippen molar-refractivity contribution in [1.29, 1.82) is 0 Å². The van der Waals surface area contributed by atoms with Crippen molar-refractivity contribution in [3.63, 3.8) is 0 Å². The maximum atomic E-state index is 10.7. The van der Waals surface area contributed by atoms with Crippen molar-refractivity contribution in [3.05, 3.63) is 75.8 Å². The van der Waals surface area contributed by atoms with Gasteiger partial charge in [-0.3, -0.25) is 10.1 Å². The van der Waals surface area contributed by atoms with Gasteiger partial charge in [0, 0.05) is 18.1 Å². The number of hydrogen-bond donors (Lipinski definition) is 0. The Kier molecular flexibility index (Phi) is 3.95. The van der Waals surface area contributed by atoms with Gasteiger partial charge < -0.3 is 0 Å². The molecule has 2 rings (SSSR count). The predicted octanol–water partition coefficient (Wildman–Crippen LogP) is 4.38. The van der Waals surface area contributed by atoms with Crippen LogP contribution in [0.25, 0.3) is 0 Å². The topological polar surface area (TPSA) is 43.1 Å². The van der Waals surface area contributed by atoms with Crippen LogP contribution >= 0.6 is 0 Å². The van der Waals surface area contributed by atoms with Crippen LogP contribution in [0.2, 0.25) is 0 Å². The second-order valence-electron chi connectivity index (χ2n) is 4.98. The van der Waals surface area contributed by atoms with E-state index in [1.54, 1.807) is 12.1 Å². The van der Waals surface area contributed by atoms with Gasteiger partial charge >= 0.3 is 0 Å². The van der Waals surface area contributed by atoms with E-state index in [0.29, 0.717) is 5.92 Å². The Hall–Kier alpha value is -2.16. The van der Waals surface area contributed by atoms with Crippen molar-refractivity contribution < 1.29 is 4.92 Å². The van der Waals surface area contributed by atoms with E-state index in [9.17, 15) is 10.1 Å². The van der Waals surface area contributed by atoms with Crippen LogP contribution in [0, 0.1) is 16.0 Å². The third-order valence-corrected chi connectivity index (χ3v) is 3.29. The first-order chi connectivity index (χ1) is 9.09. The number of nitro groups is 1. The van der Waals surface area contributed by atoms with E-state index in [2.05, 4.69) is 26.0 Å². The molecule has 19 heavy (non-hydrogen) atoms. The van der Waals surface area contributed by atoms with Gasteiger partial charge in [0.15, 0.2) is 0 Å². The molecule has 0 spiro atoms. The van der Waals surface area contributed by atoms with Crippen LogP contribution in [0.3, 0.4) is 0 Å². The maximum absolute atomic E-state index is 10.7. The summed E-state index contributed by atoms with van der Waals surface area (Å²) in [4.78, 5) is 10.3. The Morgan fingerprint density at radius 3 is 1.89 bits per heavy atom. The molecule has 0 aromatic heterocycles. The highest BCUT2D eigenvalue weighted by Crippen LogP contribution is 2.32. The summed E-state index contributed by atoms with van der Waals surface area (Å²) < 4.78 is 0. The van der Waals surface area contributed by atoms with Gasteiger partial charge in [-0.2, -0.15) is 0 Å². The molecule has 3 heteroatoms. The lowest BCUT2D eigenvalue weighted by atomic mass is 9.83. The lowest BCUT2D eigenvalue weighted by Crippen LogP contribution is -2.08. The smallest absolute Gasteiger partial charge is 0.258 e. The van der Waals surface area contributed by atoms with Crippen LogP contribution in [0.4, 0.5) is 5.69 Å². The third kappa shape index (κ3) is 2.99. The van der Waals surface area contributed by atoms with Crippen molar-refractivity contribution in [2.75, 3.05) is 0 Å². The number of hydrogen-bond acceptors (Lipinski definition) is 2. The highest BCUT2D eigenvalue weighted by molar-refractivity contribution is 5.39. The van der Waals surface area contributed by atoms with Crippen LogP contribution in [-0.4, -0.2) is 4.92 Å². The number of nitrogens with zero attached hydrogens (tertiary/aromatic N) is 1. The quantitative estimate of drug-likeness (QED) is 0.601. The van der Waals surface area contributed by atoms with Crippen LogP contribution < -0.4 is 0 Å². The van der Waals surface area contributed by atoms with Crippen molar-refractivity contribution in [2.24, 2.45) is 5.92 Å². The minimum absolute atomic E-state index is 0.138. The zero-order chi connectivity index (χ0) is 13.8. The number of non-ortho nitro benzene ring substituents is 1. The maximum Gasteiger partial charge on any atom is 0.269 e. The molecule has 0 heterocycles. The fraction of sp³-hybridized carbons (Fsp3) is 0.250. The van der Waals surface area contributed by atoms with E-state index in [-0.39, 0.29) is 16.5 Å². The molecule has 0 saturated carbocycles. The van der Waals surface area contributed by atoms with Crippen LogP contribution in [0.1, 0.15) is 30.9 Å². The van der Waals surface area contributed by atoms with Crippen molar-refractivity contribution in [3.8, 4) is 0 Å². The van der Waals surface area contributed by atoms with E-state index in [4.69, 9.17) is 0 Å². The minimum Gasteiger partial charge on any atom is -0.258 e. The predicted molar refractivity (Wildman–Crippen MR) is 76.2 cm³/mol. The molecule has 2 aromatic carbocycles. The van der Waals surface area contributed by atoms with E-state index in [1.165, 1.54) is 5.56 Å². The van der Waals surface area contributed by atoms with Crippen molar-refractivity contribution in [2.45, 2.75) is 19.8 Å². The van der Waals surface area contributed by atoms with Gasteiger partial charge in [0.1, 0.15) is 0 Å². The van der Waals surface area contributed by atoms with Crippen molar-refractivity contribution in [1.82, 2.24) is 0 Å². The standard InChI is InChI=1S/C16H17NO2/c1-12(2)16(13-6-4-3-5-7-13)14-8-10-15(11-9-14)17(18)19/h3-12,16H,1-2H3. The molecule has 0 fully saturated rings. The zero-order valence-corrected chi connectivity index (χ0v) is 11.1. The summed E-state index contributed by atoms with van der Waals surface area (Å²) in [5, 5.41) is 10.7. The Morgan fingerprint density at radius 1 is 0.895 bits per heavy atom. The summed E-state index contributed by atoms with van der Waals surface area (Å²) in [7, 11) is 0. The summed E-state index contributed by atoms with van der Waals surface area (Å²) in [6.45, 7) is 4.33. The van der Waals surface area contributed by atoms with E-state index in [1.807, 2.05) is 30.3 Å². The highest BCUT2D eigenvalue weighted by atomic mass is 16.6. The van der Waals surface area contributed by atoms with E-state index < -0.39 is 0 Å². The molecule has 1 atom stereocenters. The van der Waals surface area contributed by atoms with E-state index >= 15 is 0 Å². The average molecular weight is 255 g/mol. The molecule has 1 unspecified atom stereocenters. The molecular formula is C16H17NO2. The first kappa shape index (κ1) is 13.3. The zero-order valence-electron chi connectivity index (χ0n) is 11.1. The molecule has 0 amide bonds. The molecule has 0 bridgehead atoms. The minimum atomic E-state index is -0.364. The SMILES string of the molecule is CC(C)C(c1ccccc1)c1ccc([N+](=O)[O-])cc1. The average Bonchev–Trinajstić information content (AvgIpc) is 2.40. The Morgan fingerprint density at radius 2 is 1.42 bits per heavy atom. The first-order valence-corrected chi connectivity index (χ1v) is 6.39. The normalized spacial score (nSPS) is 12.4. The van der Waals surface area contributed by atoms with Crippen molar-refractivity contribution >= 4 is 5.69 Å². The molecule has 0 aliphatic rings. The molecule has 0 saturated heterocycles. The van der Waals surface area contributed by atoms with Gasteiger partial charge in [0.25, 0.3) is 5.69 Å². The van der Waals surface area contributed by atoms with Gasteiger partial charge in [-0.25, -0.2) is 0 Å². The number of rotatable bonds is 4. The molecule has 98 valence electrons. The second-order valence-corrected chi connectivity index (χ2v) is 4.98. The summed E-state index contributed by atoms with van der Waals surface area (Å²) in [5.41, 5.74) is 2.50. The summed E-state index contributed by atoms with van der Waals surface area (Å²) >= 11 is 0. The molecular weight excluding hydrogens is 238 g/mol. The van der Waals surface area contributed by atoms with E-state index in [0.717, 1.165) is 5.56 Å². The third-order valence-electron chi connectivity index (χ3n) is 3.29. The molecule has 0 aliphatic heterocycles. The lowest BCUT2D eigenvalue weighted by molar-refractivity contribution is -0.384. The Bertz CT molecular complexity index is 547.